The number of carboxylic acid groups (broad SMARTS) is 1. The predicted molar refractivity (Wildman–Crippen MR) is 84.2 cm³/mol. The van der Waals surface area contributed by atoms with E-state index in [0.29, 0.717) is 24.7 Å². The number of halogens is 1. The van der Waals surface area contributed by atoms with Gasteiger partial charge in [0.15, 0.2) is 0 Å². The zero-order valence-electron chi connectivity index (χ0n) is 12.4. The van der Waals surface area contributed by atoms with E-state index in [1.807, 2.05) is 4.90 Å². The van der Waals surface area contributed by atoms with Crippen LogP contribution < -0.4 is 10.2 Å². The molecule has 0 unspecified atom stereocenters. The highest BCUT2D eigenvalue weighted by Crippen LogP contribution is 2.25. The fourth-order valence-corrected chi connectivity index (χ4v) is 2.71. The molecule has 1 aromatic heterocycles. The van der Waals surface area contributed by atoms with Crippen molar-refractivity contribution in [3.05, 3.63) is 48.0 Å². The summed E-state index contributed by atoms with van der Waals surface area (Å²) in [7, 11) is 0. The molecule has 0 spiro atoms. The van der Waals surface area contributed by atoms with Gasteiger partial charge in [-0.1, -0.05) is 0 Å². The summed E-state index contributed by atoms with van der Waals surface area (Å²) >= 11 is 0. The number of piperidine rings is 1. The maximum absolute atomic E-state index is 14.0. The highest BCUT2D eigenvalue weighted by Gasteiger charge is 2.22. The number of aromatic nitrogens is 2. The number of hydrogen-bond acceptors (Lipinski definition) is 5. The van der Waals surface area contributed by atoms with Crippen LogP contribution in [-0.2, 0) is 0 Å². The first-order valence-corrected chi connectivity index (χ1v) is 7.45. The zero-order valence-corrected chi connectivity index (χ0v) is 12.4. The topological polar surface area (TPSA) is 78.4 Å². The van der Waals surface area contributed by atoms with Crippen molar-refractivity contribution in [2.24, 2.45) is 0 Å². The van der Waals surface area contributed by atoms with Crippen LogP contribution in [0.2, 0.25) is 0 Å². The standard InChI is InChI=1S/C16H17FN4O2/c17-13-3-2-11(15(22)23)10-14(13)21-8-4-12(5-9-21)20-16-18-6-1-7-19-16/h1-3,6-7,10,12H,4-5,8-9H2,(H,22,23)(H,18,19,20). The summed E-state index contributed by atoms with van der Waals surface area (Å²) in [4.78, 5) is 21.2. The molecule has 0 bridgehead atoms. The number of aromatic carboxylic acids is 1. The number of nitrogens with one attached hydrogen (secondary N) is 1. The number of carbonyl (C=O) groups is 1. The van der Waals surface area contributed by atoms with Gasteiger partial charge in [-0.3, -0.25) is 0 Å². The molecule has 0 aliphatic carbocycles. The van der Waals surface area contributed by atoms with Gasteiger partial charge < -0.3 is 15.3 Å². The van der Waals surface area contributed by atoms with Gasteiger partial charge in [-0.25, -0.2) is 19.2 Å². The van der Waals surface area contributed by atoms with Crippen molar-refractivity contribution in [1.29, 1.82) is 0 Å². The second-order valence-electron chi connectivity index (χ2n) is 5.45. The van der Waals surface area contributed by atoms with Gasteiger partial charge in [-0.15, -0.1) is 0 Å². The van der Waals surface area contributed by atoms with Crippen LogP contribution in [0.1, 0.15) is 23.2 Å². The minimum absolute atomic E-state index is 0.0966. The molecule has 1 aromatic carbocycles. The lowest BCUT2D eigenvalue weighted by atomic mass is 10.0. The van der Waals surface area contributed by atoms with Crippen molar-refractivity contribution in [3.63, 3.8) is 0 Å². The minimum atomic E-state index is -1.05. The van der Waals surface area contributed by atoms with Crippen molar-refractivity contribution in [2.75, 3.05) is 23.3 Å². The van der Waals surface area contributed by atoms with Crippen LogP contribution in [0, 0.1) is 5.82 Å². The molecule has 0 atom stereocenters. The van der Waals surface area contributed by atoms with Crippen molar-refractivity contribution >= 4 is 17.6 Å². The first kappa shape index (κ1) is 15.2. The Morgan fingerprint density at radius 2 is 1.96 bits per heavy atom. The molecule has 2 heterocycles. The van der Waals surface area contributed by atoms with Crippen molar-refractivity contribution in [1.82, 2.24) is 9.97 Å². The Hall–Kier alpha value is -2.70. The first-order chi connectivity index (χ1) is 11.1. The summed E-state index contributed by atoms with van der Waals surface area (Å²) in [5, 5.41) is 12.3. The molecule has 1 saturated heterocycles. The van der Waals surface area contributed by atoms with Crippen molar-refractivity contribution < 1.29 is 14.3 Å². The van der Waals surface area contributed by atoms with Crippen LogP contribution in [0.25, 0.3) is 0 Å². The largest absolute Gasteiger partial charge is 0.478 e. The molecule has 1 aliphatic rings. The lowest BCUT2D eigenvalue weighted by Crippen LogP contribution is -2.39. The number of hydrogen-bond donors (Lipinski definition) is 2. The summed E-state index contributed by atoms with van der Waals surface area (Å²) in [6.07, 6.45) is 4.96. The van der Waals surface area contributed by atoms with Gasteiger partial charge in [0.05, 0.1) is 11.3 Å². The highest BCUT2D eigenvalue weighted by molar-refractivity contribution is 5.88. The van der Waals surface area contributed by atoms with E-state index in [1.165, 1.54) is 18.2 Å². The van der Waals surface area contributed by atoms with Crippen LogP contribution in [0.4, 0.5) is 16.0 Å². The molecule has 2 N–H and O–H groups in total. The molecule has 0 radical (unpaired) electrons. The van der Waals surface area contributed by atoms with E-state index < -0.39 is 11.8 Å². The maximum Gasteiger partial charge on any atom is 0.335 e. The molecule has 0 saturated carbocycles. The smallest absolute Gasteiger partial charge is 0.335 e. The van der Waals surface area contributed by atoms with Crippen LogP contribution in [0.3, 0.4) is 0 Å². The molecule has 6 nitrogen and oxygen atoms in total. The van der Waals surface area contributed by atoms with Crippen LogP contribution in [0.15, 0.2) is 36.7 Å². The molecule has 3 rings (SSSR count). The summed E-state index contributed by atoms with van der Waals surface area (Å²) in [5.41, 5.74) is 0.443. The average molecular weight is 316 g/mol. The number of nitrogens with zero attached hydrogens (tertiary/aromatic N) is 3. The third-order valence-corrected chi connectivity index (χ3v) is 3.93. The van der Waals surface area contributed by atoms with Gasteiger partial charge in [0.2, 0.25) is 5.95 Å². The van der Waals surface area contributed by atoms with E-state index in [0.717, 1.165) is 12.8 Å². The van der Waals surface area contributed by atoms with E-state index in [9.17, 15) is 9.18 Å². The lowest BCUT2D eigenvalue weighted by molar-refractivity contribution is 0.0697. The SMILES string of the molecule is O=C(O)c1ccc(F)c(N2CCC(Nc3ncccn3)CC2)c1. The Morgan fingerprint density at radius 1 is 1.26 bits per heavy atom. The van der Waals surface area contributed by atoms with Gasteiger partial charge >= 0.3 is 5.97 Å². The lowest BCUT2D eigenvalue weighted by Gasteiger charge is -2.34. The maximum atomic E-state index is 14.0. The van der Waals surface area contributed by atoms with Gasteiger partial charge in [0.25, 0.3) is 0 Å². The second kappa shape index (κ2) is 6.60. The Kier molecular flexibility index (Phi) is 4.36. The fourth-order valence-electron chi connectivity index (χ4n) is 2.71. The molecule has 23 heavy (non-hydrogen) atoms. The predicted octanol–water partition coefficient (Wildman–Crippen LogP) is 2.39. The van der Waals surface area contributed by atoms with Crippen molar-refractivity contribution in [3.8, 4) is 0 Å². The molecule has 0 amide bonds. The van der Waals surface area contributed by atoms with E-state index in [1.54, 1.807) is 18.5 Å². The van der Waals surface area contributed by atoms with E-state index in [-0.39, 0.29) is 11.6 Å². The number of anilines is 2. The molecule has 1 aliphatic heterocycles. The van der Waals surface area contributed by atoms with Gasteiger partial charge in [0.1, 0.15) is 5.82 Å². The van der Waals surface area contributed by atoms with Crippen LogP contribution >= 0.6 is 0 Å². The number of carboxylic acids is 1. The van der Waals surface area contributed by atoms with E-state index in [4.69, 9.17) is 5.11 Å². The molecule has 7 heteroatoms. The van der Waals surface area contributed by atoms with Gasteiger partial charge in [-0.2, -0.15) is 0 Å². The molecule has 1 fully saturated rings. The van der Waals surface area contributed by atoms with Gasteiger partial charge in [0, 0.05) is 31.5 Å². The van der Waals surface area contributed by atoms with Crippen LogP contribution in [-0.4, -0.2) is 40.2 Å². The Balaban J connectivity index is 1.65. The van der Waals surface area contributed by atoms with Gasteiger partial charge in [-0.05, 0) is 37.1 Å². The minimum Gasteiger partial charge on any atom is -0.478 e. The summed E-state index contributed by atoms with van der Waals surface area (Å²) in [6.45, 7) is 1.29. The Morgan fingerprint density at radius 3 is 2.61 bits per heavy atom. The van der Waals surface area contributed by atoms with Crippen molar-refractivity contribution in [2.45, 2.75) is 18.9 Å². The Labute approximate surface area is 133 Å². The summed E-state index contributed by atoms with van der Waals surface area (Å²) in [6, 6.07) is 5.86. The first-order valence-electron chi connectivity index (χ1n) is 7.45. The average Bonchev–Trinajstić information content (AvgIpc) is 2.57. The highest BCUT2D eigenvalue weighted by atomic mass is 19.1. The molecular formula is C16H17FN4O2. The fraction of sp³-hybridized carbons (Fsp3) is 0.312. The third kappa shape index (κ3) is 3.56. The number of rotatable bonds is 4. The number of benzene rings is 1. The summed E-state index contributed by atoms with van der Waals surface area (Å²) < 4.78 is 14.0. The van der Waals surface area contributed by atoms with Crippen LogP contribution in [0.5, 0.6) is 0 Å². The Bertz CT molecular complexity index is 688. The molecular weight excluding hydrogens is 299 g/mol. The quantitative estimate of drug-likeness (QED) is 0.902. The third-order valence-electron chi connectivity index (χ3n) is 3.93. The molecule has 120 valence electrons. The zero-order chi connectivity index (χ0) is 16.2. The normalized spacial score (nSPS) is 15.4. The molecule has 2 aromatic rings. The van der Waals surface area contributed by atoms with E-state index >= 15 is 0 Å². The van der Waals surface area contributed by atoms with E-state index in [2.05, 4.69) is 15.3 Å². The monoisotopic (exact) mass is 316 g/mol. The second-order valence-corrected chi connectivity index (χ2v) is 5.45. The summed E-state index contributed by atoms with van der Waals surface area (Å²) in [5.74, 6) is -0.859.